The van der Waals surface area contributed by atoms with Crippen LogP contribution in [-0.2, 0) is 0 Å². The van der Waals surface area contributed by atoms with Crippen LogP contribution in [0.15, 0.2) is 0 Å². The molecule has 0 aliphatic rings. The van der Waals surface area contributed by atoms with Gasteiger partial charge in [-0.3, -0.25) is 0 Å². The van der Waals surface area contributed by atoms with Crippen LogP contribution in [-0.4, -0.2) is 16.8 Å². The first-order chi connectivity index (χ1) is 5.27. The van der Waals surface area contributed by atoms with E-state index in [1.807, 2.05) is 0 Å². The van der Waals surface area contributed by atoms with Crippen LogP contribution in [0.3, 0.4) is 0 Å². The molecule has 0 saturated heterocycles. The Hall–Kier alpha value is 0.700. The van der Waals surface area contributed by atoms with Crippen LogP contribution in [0.4, 0.5) is 0 Å². The second kappa shape index (κ2) is 8.79. The molecule has 11 heavy (non-hydrogen) atoms. The lowest BCUT2D eigenvalue weighted by molar-refractivity contribution is 0.711. The van der Waals surface area contributed by atoms with Crippen molar-refractivity contribution in [1.82, 2.24) is 0 Å². The Labute approximate surface area is 80.9 Å². The largest absolute Gasteiger partial charge is 0.179 e. The summed E-state index contributed by atoms with van der Waals surface area (Å²) in [4.78, 5) is 0. The molecule has 0 spiro atoms. The molecule has 0 heterocycles. The Kier molecular flexibility index (Phi) is 9.35. The van der Waals surface area contributed by atoms with Crippen molar-refractivity contribution in [2.24, 2.45) is 0 Å². The van der Waals surface area contributed by atoms with Gasteiger partial charge < -0.3 is 0 Å². The summed E-state index contributed by atoms with van der Waals surface area (Å²) in [5.41, 5.74) is 0. The van der Waals surface area contributed by atoms with E-state index in [1.165, 1.54) is 31.4 Å². The molecule has 68 valence electrons. The summed E-state index contributed by atoms with van der Waals surface area (Å²) < 4.78 is 0. The Bertz CT molecular complexity index is 72.0. The highest BCUT2D eigenvalue weighted by molar-refractivity contribution is 7.99. The van der Waals surface area contributed by atoms with Crippen molar-refractivity contribution in [2.45, 2.75) is 44.8 Å². The summed E-state index contributed by atoms with van der Waals surface area (Å²) >= 11 is 6.24. The van der Waals surface area contributed by atoms with Crippen LogP contribution in [0, 0.1) is 0 Å². The van der Waals surface area contributed by atoms with Gasteiger partial charge >= 0.3 is 0 Å². The Morgan fingerprint density at radius 1 is 1.09 bits per heavy atom. The molecule has 0 saturated carbocycles. The molecule has 0 nitrogen and oxygen atoms in total. The molecule has 0 fully saturated rings. The summed E-state index contributed by atoms with van der Waals surface area (Å²) in [6.07, 6.45) is 5.43. The predicted molar refractivity (Wildman–Crippen MR) is 59.9 cm³/mol. The maximum absolute atomic E-state index is 4.17. The molecule has 0 atom stereocenters. The predicted octanol–water partition coefficient (Wildman–Crippen LogP) is 3.62. The van der Waals surface area contributed by atoms with Crippen LogP contribution < -0.4 is 0 Å². The molecule has 0 aliphatic carbocycles. The summed E-state index contributed by atoms with van der Waals surface area (Å²) in [6.45, 7) is 4.52. The molecule has 0 unspecified atom stereocenters. The molecule has 2 heteroatoms. The van der Waals surface area contributed by atoms with Gasteiger partial charge in [-0.1, -0.05) is 26.7 Å². The molecule has 0 aromatic carbocycles. The molecular weight excluding hydrogens is 172 g/mol. The van der Waals surface area contributed by atoms with E-state index in [-0.39, 0.29) is 0 Å². The van der Waals surface area contributed by atoms with Crippen LogP contribution >= 0.6 is 24.4 Å². The fourth-order valence-electron chi connectivity index (χ4n) is 0.886. The fourth-order valence-corrected chi connectivity index (χ4v) is 1.95. The second-order valence-corrected chi connectivity index (χ2v) is 5.19. The standard InChI is InChI=1S/C9H20S2/c1-9(2)11-8-6-4-3-5-7-10/h9-10H,3-8H2,1-2H3. The topological polar surface area (TPSA) is 0 Å². The van der Waals surface area contributed by atoms with E-state index in [4.69, 9.17) is 0 Å². The SMILES string of the molecule is CC(C)SCCCCCCS. The molecule has 0 amide bonds. The van der Waals surface area contributed by atoms with Gasteiger partial charge in [-0.2, -0.15) is 24.4 Å². The van der Waals surface area contributed by atoms with Crippen molar-refractivity contribution in [1.29, 1.82) is 0 Å². The highest BCUT2D eigenvalue weighted by Gasteiger charge is 1.93. The number of thioether (sulfide) groups is 1. The van der Waals surface area contributed by atoms with Crippen LogP contribution in [0.5, 0.6) is 0 Å². The van der Waals surface area contributed by atoms with E-state index in [0.29, 0.717) is 0 Å². The van der Waals surface area contributed by atoms with Crippen molar-refractivity contribution >= 4 is 24.4 Å². The molecule has 0 aliphatic heterocycles. The summed E-state index contributed by atoms with van der Waals surface area (Å²) in [5.74, 6) is 2.39. The van der Waals surface area contributed by atoms with Crippen molar-refractivity contribution in [3.05, 3.63) is 0 Å². The average Bonchev–Trinajstić information content (AvgIpc) is 1.96. The maximum atomic E-state index is 4.17. The van der Waals surface area contributed by atoms with Crippen molar-refractivity contribution in [3.8, 4) is 0 Å². The van der Waals surface area contributed by atoms with Crippen LogP contribution in [0.1, 0.15) is 39.5 Å². The Balaban J connectivity index is 2.80. The monoisotopic (exact) mass is 192 g/mol. The zero-order valence-electron chi connectivity index (χ0n) is 7.68. The minimum atomic E-state index is 0.805. The zero-order chi connectivity index (χ0) is 8.53. The second-order valence-electron chi connectivity index (χ2n) is 3.06. The summed E-state index contributed by atoms with van der Waals surface area (Å²) in [6, 6.07) is 0. The smallest absolute Gasteiger partial charge is 0.000968 e. The van der Waals surface area contributed by atoms with E-state index in [1.54, 1.807) is 0 Å². The molecule has 0 bridgehead atoms. The van der Waals surface area contributed by atoms with Crippen molar-refractivity contribution < 1.29 is 0 Å². The van der Waals surface area contributed by atoms with Gasteiger partial charge in [0, 0.05) is 0 Å². The summed E-state index contributed by atoms with van der Waals surface area (Å²) in [7, 11) is 0. The van der Waals surface area contributed by atoms with Crippen molar-refractivity contribution in [3.63, 3.8) is 0 Å². The number of hydrogen-bond donors (Lipinski definition) is 1. The molecule has 0 radical (unpaired) electrons. The molecule has 0 aromatic heterocycles. The lowest BCUT2D eigenvalue weighted by atomic mass is 10.2. The fraction of sp³-hybridized carbons (Fsp3) is 1.00. The Morgan fingerprint density at radius 3 is 2.27 bits per heavy atom. The lowest BCUT2D eigenvalue weighted by Crippen LogP contribution is -1.89. The molecular formula is C9H20S2. The quantitative estimate of drug-likeness (QED) is 0.475. The molecule has 0 aromatic rings. The third-order valence-corrected chi connectivity index (χ3v) is 3.01. The van der Waals surface area contributed by atoms with Gasteiger partial charge in [-0.15, -0.1) is 0 Å². The van der Waals surface area contributed by atoms with Crippen LogP contribution in [0.25, 0.3) is 0 Å². The number of rotatable bonds is 7. The zero-order valence-corrected chi connectivity index (χ0v) is 9.39. The van der Waals surface area contributed by atoms with Gasteiger partial charge in [0.05, 0.1) is 0 Å². The van der Waals surface area contributed by atoms with Gasteiger partial charge in [0.15, 0.2) is 0 Å². The average molecular weight is 192 g/mol. The minimum absolute atomic E-state index is 0.805. The first kappa shape index (κ1) is 11.7. The van der Waals surface area contributed by atoms with Gasteiger partial charge in [-0.25, -0.2) is 0 Å². The normalized spacial score (nSPS) is 10.9. The first-order valence-corrected chi connectivity index (χ1v) is 6.18. The van der Waals surface area contributed by atoms with E-state index in [2.05, 4.69) is 38.2 Å². The van der Waals surface area contributed by atoms with Crippen molar-refractivity contribution in [2.75, 3.05) is 11.5 Å². The van der Waals surface area contributed by atoms with E-state index in [9.17, 15) is 0 Å². The van der Waals surface area contributed by atoms with E-state index < -0.39 is 0 Å². The van der Waals surface area contributed by atoms with E-state index in [0.717, 1.165) is 11.0 Å². The Morgan fingerprint density at radius 2 is 1.73 bits per heavy atom. The molecule has 0 rings (SSSR count). The maximum Gasteiger partial charge on any atom is -0.000968 e. The minimum Gasteiger partial charge on any atom is -0.179 e. The first-order valence-electron chi connectivity index (χ1n) is 4.50. The third-order valence-electron chi connectivity index (χ3n) is 1.50. The number of unbranched alkanes of at least 4 members (excludes halogenated alkanes) is 3. The van der Waals surface area contributed by atoms with Gasteiger partial charge in [0.2, 0.25) is 0 Å². The van der Waals surface area contributed by atoms with Gasteiger partial charge in [-0.05, 0) is 29.6 Å². The molecule has 0 N–H and O–H groups in total. The van der Waals surface area contributed by atoms with Gasteiger partial charge in [0.1, 0.15) is 0 Å². The lowest BCUT2D eigenvalue weighted by Gasteiger charge is -2.03. The van der Waals surface area contributed by atoms with Gasteiger partial charge in [0.25, 0.3) is 0 Å². The van der Waals surface area contributed by atoms with Crippen LogP contribution in [0.2, 0.25) is 0 Å². The number of thiol groups is 1. The summed E-state index contributed by atoms with van der Waals surface area (Å²) in [5, 5.41) is 0.805. The highest BCUT2D eigenvalue weighted by atomic mass is 32.2. The highest BCUT2D eigenvalue weighted by Crippen LogP contribution is 2.12. The third kappa shape index (κ3) is 10.7. The number of hydrogen-bond acceptors (Lipinski definition) is 2. The van der Waals surface area contributed by atoms with E-state index >= 15 is 0 Å².